The van der Waals surface area contributed by atoms with Crippen LogP contribution in [0.1, 0.15) is 16.7 Å². The van der Waals surface area contributed by atoms with E-state index in [4.69, 9.17) is 0 Å². The first-order chi connectivity index (χ1) is 32.4. The van der Waals surface area contributed by atoms with Gasteiger partial charge in [-0.1, -0.05) is 144 Å². The van der Waals surface area contributed by atoms with Gasteiger partial charge in [0.1, 0.15) is 0 Å². The number of rotatable bonds is 6. The normalized spacial score (nSPS) is 11.9. The SMILES string of the molecule is Cc1ccc(-c2cccc(-n3c4ccccc4c4cc(-c5ccc6c(c5)c5ccccc5n6-c5ccccc5-c5cccc(-n6c7ccc(C)cc7c7cc(C)ccc76)c5)ccc43)c2)cc1. The minimum Gasteiger partial charge on any atom is -0.309 e. The molecule has 312 valence electrons. The second kappa shape index (κ2) is 14.8. The molecule has 13 rings (SSSR count). The van der Waals surface area contributed by atoms with Gasteiger partial charge in [0.05, 0.1) is 38.8 Å². The van der Waals surface area contributed by atoms with Crippen molar-refractivity contribution in [2.45, 2.75) is 20.8 Å². The van der Waals surface area contributed by atoms with Gasteiger partial charge in [0.25, 0.3) is 0 Å². The fourth-order valence-electron chi connectivity index (χ4n) is 10.7. The van der Waals surface area contributed by atoms with Crippen LogP contribution in [0.5, 0.6) is 0 Å². The van der Waals surface area contributed by atoms with Gasteiger partial charge in [-0.25, -0.2) is 0 Å². The zero-order valence-corrected chi connectivity index (χ0v) is 37.1. The van der Waals surface area contributed by atoms with Gasteiger partial charge in [0, 0.05) is 49.3 Å². The lowest BCUT2D eigenvalue weighted by Crippen LogP contribution is -1.98. The highest BCUT2D eigenvalue weighted by Gasteiger charge is 2.19. The Labute approximate surface area is 383 Å². The number of benzene rings is 10. The molecule has 0 saturated heterocycles. The summed E-state index contributed by atoms with van der Waals surface area (Å²) in [5.74, 6) is 0. The van der Waals surface area contributed by atoms with Crippen LogP contribution >= 0.6 is 0 Å². The third-order valence-electron chi connectivity index (χ3n) is 13.8. The summed E-state index contributed by atoms with van der Waals surface area (Å²) >= 11 is 0. The fourth-order valence-corrected chi connectivity index (χ4v) is 10.7. The third-order valence-corrected chi connectivity index (χ3v) is 13.8. The number of hydrogen-bond acceptors (Lipinski definition) is 0. The lowest BCUT2D eigenvalue weighted by molar-refractivity contribution is 1.17. The van der Waals surface area contributed by atoms with Crippen LogP contribution in [0.15, 0.2) is 218 Å². The van der Waals surface area contributed by atoms with Crippen LogP contribution in [0.25, 0.3) is 116 Å². The summed E-state index contributed by atoms with van der Waals surface area (Å²) in [5, 5.41) is 7.54. The molecule has 0 fully saturated rings. The van der Waals surface area contributed by atoms with Gasteiger partial charge in [-0.05, 0) is 140 Å². The van der Waals surface area contributed by atoms with Crippen molar-refractivity contribution in [2.75, 3.05) is 0 Å². The second-order valence-corrected chi connectivity index (χ2v) is 18.0. The molecule has 3 heteroatoms. The van der Waals surface area contributed by atoms with Crippen LogP contribution in [-0.4, -0.2) is 13.7 Å². The van der Waals surface area contributed by atoms with E-state index in [-0.39, 0.29) is 0 Å². The number of aryl methyl sites for hydroxylation is 3. The molecule has 10 aromatic carbocycles. The van der Waals surface area contributed by atoms with Crippen molar-refractivity contribution in [1.29, 1.82) is 0 Å². The summed E-state index contributed by atoms with van der Waals surface area (Å²) in [5.41, 5.74) is 21.7. The highest BCUT2D eigenvalue weighted by atomic mass is 15.0. The predicted octanol–water partition coefficient (Wildman–Crippen LogP) is 16.9. The Morgan fingerprint density at radius 2 is 0.652 bits per heavy atom. The van der Waals surface area contributed by atoms with E-state index < -0.39 is 0 Å². The first kappa shape index (κ1) is 38.1. The molecule has 0 aliphatic carbocycles. The number of hydrogen-bond donors (Lipinski definition) is 0. The van der Waals surface area contributed by atoms with Crippen molar-refractivity contribution in [1.82, 2.24) is 13.7 Å². The Kier molecular flexibility index (Phi) is 8.56. The summed E-state index contributed by atoms with van der Waals surface area (Å²) in [7, 11) is 0. The highest BCUT2D eigenvalue weighted by Crippen LogP contribution is 2.41. The third kappa shape index (κ3) is 5.97. The summed E-state index contributed by atoms with van der Waals surface area (Å²) in [6.07, 6.45) is 0. The molecule has 0 spiro atoms. The molecule has 0 aliphatic heterocycles. The zero-order valence-electron chi connectivity index (χ0n) is 37.1. The molecule has 0 atom stereocenters. The molecule has 66 heavy (non-hydrogen) atoms. The molecule has 0 aliphatic rings. The molecule has 3 aromatic heterocycles. The topological polar surface area (TPSA) is 14.8 Å². The van der Waals surface area contributed by atoms with Crippen molar-refractivity contribution >= 4 is 65.4 Å². The molecule has 13 aromatic rings. The van der Waals surface area contributed by atoms with E-state index in [2.05, 4.69) is 253 Å². The Balaban J connectivity index is 0.934. The van der Waals surface area contributed by atoms with Crippen molar-refractivity contribution in [3.05, 3.63) is 235 Å². The second-order valence-electron chi connectivity index (χ2n) is 18.0. The highest BCUT2D eigenvalue weighted by molar-refractivity contribution is 6.13. The number of para-hydroxylation sites is 3. The van der Waals surface area contributed by atoms with E-state index in [0.717, 1.165) is 17.1 Å². The maximum atomic E-state index is 2.46. The molecule has 3 nitrogen and oxygen atoms in total. The van der Waals surface area contributed by atoms with Gasteiger partial charge in [-0.2, -0.15) is 0 Å². The van der Waals surface area contributed by atoms with Gasteiger partial charge in [-0.15, -0.1) is 0 Å². The quantitative estimate of drug-likeness (QED) is 0.158. The molecule has 3 heterocycles. The molecule has 0 amide bonds. The van der Waals surface area contributed by atoms with Crippen molar-refractivity contribution in [2.24, 2.45) is 0 Å². The van der Waals surface area contributed by atoms with E-state index in [9.17, 15) is 0 Å². The van der Waals surface area contributed by atoms with Crippen molar-refractivity contribution in [3.63, 3.8) is 0 Å². The van der Waals surface area contributed by atoms with Crippen LogP contribution in [0.2, 0.25) is 0 Å². The van der Waals surface area contributed by atoms with Crippen LogP contribution in [0.4, 0.5) is 0 Å². The smallest absolute Gasteiger partial charge is 0.0541 e. The van der Waals surface area contributed by atoms with E-state index in [1.807, 2.05) is 0 Å². The standard InChI is InChI=1S/C63H45N3/c1-40-22-26-43(27-23-40)44-12-10-14-48(36-44)64-58-20-8-5-17-51(58)55-38-45(28-32-62(55)64)46-29-33-63-56(39-46)52-18-6-9-21-59(52)66(63)57-19-7-4-16-50(57)47-13-11-15-49(37-47)65-60-30-24-41(2)34-53(60)54-35-42(3)25-31-61(54)65/h4-39H,1-3H3. The molecule has 0 N–H and O–H groups in total. The van der Waals surface area contributed by atoms with Crippen LogP contribution < -0.4 is 0 Å². The van der Waals surface area contributed by atoms with E-state index in [1.165, 1.54) is 115 Å². The van der Waals surface area contributed by atoms with Gasteiger partial charge < -0.3 is 13.7 Å². The monoisotopic (exact) mass is 843 g/mol. The fraction of sp³-hybridized carbons (Fsp3) is 0.0476. The van der Waals surface area contributed by atoms with E-state index in [0.29, 0.717) is 0 Å². The summed E-state index contributed by atoms with van der Waals surface area (Å²) < 4.78 is 7.31. The van der Waals surface area contributed by atoms with Crippen molar-refractivity contribution < 1.29 is 0 Å². The Morgan fingerprint density at radius 3 is 1.26 bits per heavy atom. The first-order valence-electron chi connectivity index (χ1n) is 22.9. The van der Waals surface area contributed by atoms with Gasteiger partial charge in [0.2, 0.25) is 0 Å². The maximum absolute atomic E-state index is 2.46. The van der Waals surface area contributed by atoms with Crippen LogP contribution in [-0.2, 0) is 0 Å². The molecule has 0 unspecified atom stereocenters. The molecular weight excluding hydrogens is 799 g/mol. The summed E-state index contributed by atoms with van der Waals surface area (Å²) in [4.78, 5) is 0. The molecule has 0 saturated carbocycles. The Bertz CT molecular complexity index is 4020. The maximum Gasteiger partial charge on any atom is 0.0541 e. The summed E-state index contributed by atoms with van der Waals surface area (Å²) in [6.45, 7) is 6.50. The lowest BCUT2D eigenvalue weighted by Gasteiger charge is -2.16. The minimum absolute atomic E-state index is 1.15. The largest absolute Gasteiger partial charge is 0.309 e. The van der Waals surface area contributed by atoms with Crippen molar-refractivity contribution in [3.8, 4) is 50.4 Å². The van der Waals surface area contributed by atoms with Crippen LogP contribution in [0, 0.1) is 20.8 Å². The van der Waals surface area contributed by atoms with E-state index >= 15 is 0 Å². The van der Waals surface area contributed by atoms with Gasteiger partial charge >= 0.3 is 0 Å². The van der Waals surface area contributed by atoms with Gasteiger partial charge in [-0.3, -0.25) is 0 Å². The average Bonchev–Trinajstić information content (AvgIpc) is 3.99. The number of aromatic nitrogens is 3. The Hall–Kier alpha value is -8.40. The number of fused-ring (bicyclic) bond motifs is 9. The Morgan fingerprint density at radius 1 is 0.242 bits per heavy atom. The minimum atomic E-state index is 1.15. The first-order valence-corrected chi connectivity index (χ1v) is 22.9. The lowest BCUT2D eigenvalue weighted by atomic mass is 10.0. The molecular formula is C63H45N3. The zero-order chi connectivity index (χ0) is 44.0. The number of nitrogens with zero attached hydrogens (tertiary/aromatic N) is 3. The summed E-state index contributed by atoms with van der Waals surface area (Å²) in [6, 6.07) is 81.0. The molecule has 0 radical (unpaired) electrons. The predicted molar refractivity (Wildman–Crippen MR) is 280 cm³/mol. The van der Waals surface area contributed by atoms with Gasteiger partial charge in [0.15, 0.2) is 0 Å². The molecule has 0 bridgehead atoms. The van der Waals surface area contributed by atoms with Crippen LogP contribution in [0.3, 0.4) is 0 Å². The average molecular weight is 844 g/mol. The van der Waals surface area contributed by atoms with E-state index in [1.54, 1.807) is 0 Å².